The number of amides is 4. The number of alkyl halides is 5. The molecular weight excluding hydrogens is 559 g/mol. The molecule has 0 saturated carbocycles. The number of likely N-dealkylation sites (tertiary alicyclic amines) is 1. The largest absolute Gasteiger partial charge is 0.476 e. The Morgan fingerprint density at radius 3 is 2.44 bits per heavy atom. The average molecular weight is 593 g/mol. The summed E-state index contributed by atoms with van der Waals surface area (Å²) >= 11 is 0. The number of carbonyl (C=O) groups is 4. The Balaban J connectivity index is 2.07. The third-order valence-corrected chi connectivity index (χ3v) is 6.92. The van der Waals surface area contributed by atoms with Gasteiger partial charge >= 0.3 is 12.3 Å². The van der Waals surface area contributed by atoms with Crippen molar-refractivity contribution in [3.05, 3.63) is 23.3 Å². The summed E-state index contributed by atoms with van der Waals surface area (Å²) < 4.78 is 73.5. The maximum atomic E-state index is 14.3. The van der Waals surface area contributed by atoms with Gasteiger partial charge in [-0.15, -0.1) is 0 Å². The molecule has 0 aromatic heterocycles. The number of fused-ring (bicyclic) bond motifs is 1. The zero-order chi connectivity index (χ0) is 30.9. The van der Waals surface area contributed by atoms with Crippen LogP contribution >= 0.6 is 0 Å². The molecule has 1 aromatic carbocycles. The number of anilines is 1. The van der Waals surface area contributed by atoms with Gasteiger partial charge in [-0.3, -0.25) is 14.4 Å². The van der Waals surface area contributed by atoms with E-state index in [-0.39, 0.29) is 31.1 Å². The van der Waals surface area contributed by atoms with E-state index in [1.807, 2.05) is 5.32 Å². The van der Waals surface area contributed by atoms with Gasteiger partial charge in [-0.05, 0) is 52.7 Å². The molecule has 4 amide bonds. The van der Waals surface area contributed by atoms with Crippen LogP contribution in [0.1, 0.15) is 62.9 Å². The Hall–Kier alpha value is -3.65. The quantitative estimate of drug-likeness (QED) is 0.441. The van der Waals surface area contributed by atoms with E-state index < -0.39 is 78.2 Å². The summed E-state index contributed by atoms with van der Waals surface area (Å²) in [7, 11) is 0. The van der Waals surface area contributed by atoms with Crippen LogP contribution in [0.15, 0.2) is 12.1 Å². The number of hydrogen-bond acceptors (Lipinski definition) is 5. The van der Waals surface area contributed by atoms with Crippen LogP contribution in [-0.4, -0.2) is 89.0 Å². The molecule has 1 fully saturated rings. The number of hydrogen-bond donors (Lipinski definition) is 2. The molecule has 15 heteroatoms. The Kier molecular flexibility index (Phi) is 9.38. The van der Waals surface area contributed by atoms with Gasteiger partial charge < -0.3 is 29.9 Å². The number of ether oxygens (including phenoxy) is 1. The van der Waals surface area contributed by atoms with Gasteiger partial charge in [0.15, 0.2) is 5.60 Å². The molecule has 1 aromatic rings. The molecular formula is C26H33F5N4O6. The highest BCUT2D eigenvalue weighted by molar-refractivity contribution is 6.05. The zero-order valence-corrected chi connectivity index (χ0v) is 23.1. The molecule has 0 unspecified atom stereocenters. The lowest BCUT2D eigenvalue weighted by Gasteiger charge is -2.42. The van der Waals surface area contributed by atoms with Crippen LogP contribution in [0.25, 0.3) is 0 Å². The van der Waals surface area contributed by atoms with Crippen LogP contribution in [0.3, 0.4) is 0 Å². The molecule has 10 nitrogen and oxygen atoms in total. The fourth-order valence-electron chi connectivity index (χ4n) is 5.06. The fraction of sp³-hybridized carbons (Fsp3) is 0.615. The summed E-state index contributed by atoms with van der Waals surface area (Å²) in [5, 5.41) is 11.4. The summed E-state index contributed by atoms with van der Waals surface area (Å²) in [6, 6.07) is 0.210. The van der Waals surface area contributed by atoms with E-state index >= 15 is 0 Å². The number of piperidine rings is 1. The molecule has 2 aliphatic rings. The summed E-state index contributed by atoms with van der Waals surface area (Å²) in [5.41, 5.74) is -3.90. The predicted octanol–water partition coefficient (Wildman–Crippen LogP) is 3.97. The van der Waals surface area contributed by atoms with Crippen LogP contribution in [0.5, 0.6) is 5.75 Å². The average Bonchev–Trinajstić information content (AvgIpc) is 2.86. The molecule has 228 valence electrons. The minimum absolute atomic E-state index is 0.0822. The van der Waals surface area contributed by atoms with Crippen molar-refractivity contribution >= 4 is 29.5 Å². The molecule has 3 rings (SSSR count). The topological polar surface area (TPSA) is 119 Å². The summed E-state index contributed by atoms with van der Waals surface area (Å²) in [6.07, 6.45) is -8.67. The number of halogens is 5. The number of benzene rings is 1. The van der Waals surface area contributed by atoms with Crippen LogP contribution in [-0.2, 0) is 15.8 Å². The van der Waals surface area contributed by atoms with Crippen molar-refractivity contribution in [1.29, 1.82) is 0 Å². The minimum atomic E-state index is -5.00. The first-order valence-corrected chi connectivity index (χ1v) is 13.1. The van der Waals surface area contributed by atoms with Gasteiger partial charge in [0.25, 0.3) is 18.2 Å². The number of nitrogens with one attached hydrogen (secondary N) is 1. The van der Waals surface area contributed by atoms with Crippen molar-refractivity contribution in [2.24, 2.45) is 0 Å². The van der Waals surface area contributed by atoms with Gasteiger partial charge in [0, 0.05) is 32.1 Å². The Labute approximate surface area is 233 Å². The minimum Gasteiger partial charge on any atom is -0.476 e. The smallest absolute Gasteiger partial charge is 0.417 e. The maximum Gasteiger partial charge on any atom is 0.417 e. The second-order valence-corrected chi connectivity index (χ2v) is 10.7. The lowest BCUT2D eigenvalue weighted by Crippen LogP contribution is -2.54. The standard InChI is InChI=1S/C26H33F5N4O6/c1-14(2)35(15-6-5-8-33(13-15)24(39)40)22(37)16-10-18-19(11-17(16)26(29,30)31)41-25(3,4)23(38)34(18)9-7-21(36)32-12-20(27)28/h10-11,14-15,20H,5-9,12-13H2,1-4H3,(H,32,36)(H,39,40)/t15-/m1/s1. The van der Waals surface area contributed by atoms with Crippen molar-refractivity contribution in [3.8, 4) is 5.75 Å². The lowest BCUT2D eigenvalue weighted by atomic mass is 9.96. The summed E-state index contributed by atoms with van der Waals surface area (Å²) in [4.78, 5) is 54.0. The van der Waals surface area contributed by atoms with Gasteiger partial charge in [0.2, 0.25) is 5.91 Å². The second kappa shape index (κ2) is 12.1. The van der Waals surface area contributed by atoms with Gasteiger partial charge in [-0.1, -0.05) is 0 Å². The fourth-order valence-corrected chi connectivity index (χ4v) is 5.06. The highest BCUT2D eigenvalue weighted by atomic mass is 19.4. The predicted molar refractivity (Wildman–Crippen MR) is 136 cm³/mol. The van der Waals surface area contributed by atoms with Crippen LogP contribution in [0.4, 0.5) is 32.4 Å². The van der Waals surface area contributed by atoms with Crippen LogP contribution < -0.4 is 15.0 Å². The van der Waals surface area contributed by atoms with Crippen molar-refractivity contribution in [2.45, 2.75) is 77.2 Å². The first-order chi connectivity index (χ1) is 18.9. The second-order valence-electron chi connectivity index (χ2n) is 10.7. The number of nitrogens with zero attached hydrogens (tertiary/aromatic N) is 3. The summed E-state index contributed by atoms with van der Waals surface area (Å²) in [6.45, 7) is 4.72. The van der Waals surface area contributed by atoms with E-state index in [1.165, 1.54) is 18.7 Å². The van der Waals surface area contributed by atoms with E-state index in [4.69, 9.17) is 4.74 Å². The molecule has 2 aliphatic heterocycles. The molecule has 1 atom stereocenters. The first-order valence-electron chi connectivity index (χ1n) is 13.1. The number of carboxylic acid groups (broad SMARTS) is 1. The number of rotatable bonds is 8. The van der Waals surface area contributed by atoms with E-state index in [9.17, 15) is 46.2 Å². The molecule has 0 bridgehead atoms. The Bertz CT molecular complexity index is 1190. The van der Waals surface area contributed by atoms with Gasteiger partial charge in [0.05, 0.1) is 29.4 Å². The van der Waals surface area contributed by atoms with Crippen molar-refractivity contribution in [2.75, 3.05) is 31.1 Å². The molecule has 0 radical (unpaired) electrons. The van der Waals surface area contributed by atoms with Gasteiger partial charge in [-0.25, -0.2) is 13.6 Å². The molecule has 2 heterocycles. The highest BCUT2D eigenvalue weighted by Gasteiger charge is 2.45. The normalized spacial score (nSPS) is 18.7. The first kappa shape index (κ1) is 31.9. The van der Waals surface area contributed by atoms with Crippen molar-refractivity contribution in [1.82, 2.24) is 15.1 Å². The third-order valence-electron chi connectivity index (χ3n) is 6.92. The Morgan fingerprint density at radius 1 is 1.22 bits per heavy atom. The Morgan fingerprint density at radius 2 is 1.88 bits per heavy atom. The van der Waals surface area contributed by atoms with Gasteiger partial charge in [-0.2, -0.15) is 13.2 Å². The molecule has 0 spiro atoms. The van der Waals surface area contributed by atoms with Crippen molar-refractivity contribution in [3.63, 3.8) is 0 Å². The maximum absolute atomic E-state index is 14.3. The van der Waals surface area contributed by atoms with Crippen LogP contribution in [0.2, 0.25) is 0 Å². The van der Waals surface area contributed by atoms with E-state index in [0.717, 1.165) is 15.9 Å². The molecule has 2 N–H and O–H groups in total. The highest BCUT2D eigenvalue weighted by Crippen LogP contribution is 2.44. The van der Waals surface area contributed by atoms with E-state index in [1.54, 1.807) is 13.8 Å². The van der Waals surface area contributed by atoms with Gasteiger partial charge in [0.1, 0.15) is 5.75 Å². The van der Waals surface area contributed by atoms with Crippen LogP contribution in [0, 0.1) is 0 Å². The zero-order valence-electron chi connectivity index (χ0n) is 23.1. The molecule has 0 aliphatic carbocycles. The third kappa shape index (κ3) is 7.17. The summed E-state index contributed by atoms with van der Waals surface area (Å²) in [5.74, 6) is -2.88. The molecule has 41 heavy (non-hydrogen) atoms. The van der Waals surface area contributed by atoms with E-state index in [0.29, 0.717) is 18.9 Å². The van der Waals surface area contributed by atoms with E-state index in [2.05, 4.69) is 0 Å². The lowest BCUT2D eigenvalue weighted by molar-refractivity contribution is -0.138. The van der Waals surface area contributed by atoms with Crippen molar-refractivity contribution < 1.29 is 51.0 Å². The molecule has 1 saturated heterocycles. The SMILES string of the molecule is CC(C)N(C(=O)c1cc2c(cc1C(F)(F)F)OC(C)(C)C(=O)N2CCC(=O)NCC(F)F)[C@@H]1CCCN(C(=O)O)C1. The number of carbonyl (C=O) groups excluding carboxylic acids is 3. The monoisotopic (exact) mass is 592 g/mol.